The molecule has 0 saturated carbocycles. The maximum absolute atomic E-state index is 11.5. The molecule has 0 amide bonds. The summed E-state index contributed by atoms with van der Waals surface area (Å²) in [6, 6.07) is 0.136. The fourth-order valence-corrected chi connectivity index (χ4v) is 0.976. The number of rotatable bonds is 2. The van der Waals surface area contributed by atoms with Crippen molar-refractivity contribution in [3.63, 3.8) is 0 Å². The zero-order valence-corrected chi connectivity index (χ0v) is 7.32. The van der Waals surface area contributed by atoms with Crippen molar-refractivity contribution in [1.82, 2.24) is 9.55 Å². The number of nitrogens with zero attached hydrogens (tertiary/aromatic N) is 2. The summed E-state index contributed by atoms with van der Waals surface area (Å²) >= 11 is 0. The molecule has 1 aromatic rings. The minimum Gasteiger partial charge on any atom is -0.326 e. The van der Waals surface area contributed by atoms with Crippen LogP contribution < -0.4 is 11.3 Å². The van der Waals surface area contributed by atoms with Gasteiger partial charge < -0.3 is 5.73 Å². The van der Waals surface area contributed by atoms with Gasteiger partial charge in [-0.2, -0.15) is 0 Å². The largest absolute Gasteiger partial charge is 0.326 e. The van der Waals surface area contributed by atoms with Crippen LogP contribution in [-0.2, 0) is 6.54 Å². The highest BCUT2D eigenvalue weighted by molar-refractivity contribution is 5.03. The summed E-state index contributed by atoms with van der Waals surface area (Å²) in [5.74, 6) is 0. The number of nitrogens with two attached hydrogens (primary N) is 1. The Bertz CT molecular complexity index is 316. The van der Waals surface area contributed by atoms with E-state index in [1.54, 1.807) is 4.57 Å². The van der Waals surface area contributed by atoms with Gasteiger partial charge in [-0.25, -0.2) is 4.98 Å². The van der Waals surface area contributed by atoms with Crippen LogP contribution in [0.1, 0.15) is 25.5 Å². The van der Waals surface area contributed by atoms with Crippen molar-refractivity contribution < 1.29 is 0 Å². The van der Waals surface area contributed by atoms with E-state index in [-0.39, 0.29) is 18.1 Å². The van der Waals surface area contributed by atoms with Crippen molar-refractivity contribution in [3.8, 4) is 0 Å². The minimum atomic E-state index is -0.0394. The third-order valence-corrected chi connectivity index (χ3v) is 1.71. The van der Waals surface area contributed by atoms with Crippen LogP contribution in [0.3, 0.4) is 0 Å². The van der Waals surface area contributed by atoms with E-state index in [1.807, 2.05) is 13.8 Å². The molecule has 1 heterocycles. The molecule has 2 N–H and O–H groups in total. The van der Waals surface area contributed by atoms with Crippen LogP contribution in [0.2, 0.25) is 0 Å². The zero-order chi connectivity index (χ0) is 9.14. The van der Waals surface area contributed by atoms with E-state index in [4.69, 9.17) is 5.73 Å². The molecule has 0 aliphatic heterocycles. The maximum atomic E-state index is 11.5. The summed E-state index contributed by atoms with van der Waals surface area (Å²) in [5, 5.41) is 0. The molecule has 0 aliphatic carbocycles. The van der Waals surface area contributed by atoms with E-state index >= 15 is 0 Å². The third-order valence-electron chi connectivity index (χ3n) is 1.71. The Hall–Kier alpha value is -1.16. The van der Waals surface area contributed by atoms with Gasteiger partial charge in [0.05, 0.1) is 6.33 Å². The first kappa shape index (κ1) is 8.93. The summed E-state index contributed by atoms with van der Waals surface area (Å²) in [7, 11) is 0. The smallest absolute Gasteiger partial charge is 0.258 e. The van der Waals surface area contributed by atoms with Crippen molar-refractivity contribution in [2.45, 2.75) is 26.4 Å². The van der Waals surface area contributed by atoms with E-state index in [0.29, 0.717) is 5.56 Å². The minimum absolute atomic E-state index is 0.0394. The SMILES string of the molecule is CC(C)n1cncc(CN)c1=O. The van der Waals surface area contributed by atoms with E-state index in [1.165, 1.54) is 12.5 Å². The molecule has 0 saturated heterocycles. The quantitative estimate of drug-likeness (QED) is 0.688. The molecule has 0 bridgehead atoms. The van der Waals surface area contributed by atoms with E-state index in [2.05, 4.69) is 4.98 Å². The summed E-state index contributed by atoms with van der Waals surface area (Å²) in [5.41, 5.74) is 5.89. The van der Waals surface area contributed by atoms with Gasteiger partial charge in [0.25, 0.3) is 5.56 Å². The van der Waals surface area contributed by atoms with Crippen molar-refractivity contribution in [2.75, 3.05) is 0 Å². The van der Waals surface area contributed by atoms with Crippen molar-refractivity contribution in [1.29, 1.82) is 0 Å². The average Bonchev–Trinajstić information content (AvgIpc) is 2.04. The molecule has 0 atom stereocenters. The Labute approximate surface area is 71.0 Å². The van der Waals surface area contributed by atoms with Crippen LogP contribution in [0.5, 0.6) is 0 Å². The molecular formula is C8H13N3O. The average molecular weight is 167 g/mol. The van der Waals surface area contributed by atoms with Crippen molar-refractivity contribution in [3.05, 3.63) is 28.4 Å². The van der Waals surface area contributed by atoms with Crippen LogP contribution in [0.4, 0.5) is 0 Å². The lowest BCUT2D eigenvalue weighted by molar-refractivity contribution is 0.561. The summed E-state index contributed by atoms with van der Waals surface area (Å²) in [6.07, 6.45) is 3.05. The van der Waals surface area contributed by atoms with Crippen LogP contribution in [0, 0.1) is 0 Å². The highest BCUT2D eigenvalue weighted by Gasteiger charge is 2.03. The van der Waals surface area contributed by atoms with Crippen molar-refractivity contribution in [2.24, 2.45) is 5.73 Å². The fraction of sp³-hybridized carbons (Fsp3) is 0.500. The highest BCUT2D eigenvalue weighted by Crippen LogP contribution is 1.97. The molecule has 0 aromatic carbocycles. The predicted octanol–water partition coefficient (Wildman–Crippen LogP) is 0.283. The van der Waals surface area contributed by atoms with Gasteiger partial charge in [0.1, 0.15) is 0 Å². The first-order chi connectivity index (χ1) is 5.66. The van der Waals surface area contributed by atoms with E-state index in [9.17, 15) is 4.79 Å². The number of aromatic nitrogens is 2. The molecule has 0 fully saturated rings. The van der Waals surface area contributed by atoms with Gasteiger partial charge in [0.15, 0.2) is 0 Å². The molecule has 0 spiro atoms. The Balaban J connectivity index is 3.24. The second-order valence-electron chi connectivity index (χ2n) is 2.93. The second-order valence-corrected chi connectivity index (χ2v) is 2.93. The molecule has 12 heavy (non-hydrogen) atoms. The molecule has 0 unspecified atom stereocenters. The van der Waals surface area contributed by atoms with Crippen LogP contribution in [0.25, 0.3) is 0 Å². The summed E-state index contributed by atoms with van der Waals surface area (Å²) in [6.45, 7) is 4.12. The second kappa shape index (κ2) is 3.49. The lowest BCUT2D eigenvalue weighted by Gasteiger charge is -2.08. The Morgan fingerprint density at radius 1 is 1.67 bits per heavy atom. The Kier molecular flexibility index (Phi) is 2.60. The highest BCUT2D eigenvalue weighted by atomic mass is 16.1. The molecule has 0 aliphatic rings. The van der Waals surface area contributed by atoms with E-state index < -0.39 is 0 Å². The van der Waals surface area contributed by atoms with Crippen molar-refractivity contribution >= 4 is 0 Å². The normalized spacial score (nSPS) is 10.7. The van der Waals surface area contributed by atoms with Gasteiger partial charge >= 0.3 is 0 Å². The van der Waals surface area contributed by atoms with Gasteiger partial charge in [-0.15, -0.1) is 0 Å². The van der Waals surface area contributed by atoms with Crippen LogP contribution >= 0.6 is 0 Å². The van der Waals surface area contributed by atoms with Gasteiger partial charge in [0.2, 0.25) is 0 Å². The topological polar surface area (TPSA) is 60.9 Å². The Morgan fingerprint density at radius 3 is 2.83 bits per heavy atom. The lowest BCUT2D eigenvalue weighted by atomic mass is 10.3. The van der Waals surface area contributed by atoms with Gasteiger partial charge in [-0.3, -0.25) is 9.36 Å². The molecule has 4 heteroatoms. The Morgan fingerprint density at radius 2 is 2.33 bits per heavy atom. The number of hydrogen-bond donors (Lipinski definition) is 1. The van der Waals surface area contributed by atoms with Gasteiger partial charge in [0, 0.05) is 24.3 Å². The third kappa shape index (κ3) is 1.53. The molecule has 0 radical (unpaired) electrons. The first-order valence-electron chi connectivity index (χ1n) is 3.92. The van der Waals surface area contributed by atoms with Crippen LogP contribution in [0.15, 0.2) is 17.3 Å². The monoisotopic (exact) mass is 167 g/mol. The molecule has 66 valence electrons. The first-order valence-corrected chi connectivity index (χ1v) is 3.92. The number of hydrogen-bond acceptors (Lipinski definition) is 3. The summed E-state index contributed by atoms with van der Waals surface area (Å²) < 4.78 is 1.57. The zero-order valence-electron chi connectivity index (χ0n) is 7.32. The van der Waals surface area contributed by atoms with Gasteiger partial charge in [-0.1, -0.05) is 0 Å². The molecule has 4 nitrogen and oxygen atoms in total. The van der Waals surface area contributed by atoms with Crippen LogP contribution in [-0.4, -0.2) is 9.55 Å². The summed E-state index contributed by atoms with van der Waals surface area (Å²) in [4.78, 5) is 15.4. The molecule has 1 rings (SSSR count). The lowest BCUT2D eigenvalue weighted by Crippen LogP contribution is -2.26. The van der Waals surface area contributed by atoms with Gasteiger partial charge in [-0.05, 0) is 13.8 Å². The van der Waals surface area contributed by atoms with E-state index in [0.717, 1.165) is 0 Å². The molecular weight excluding hydrogens is 154 g/mol. The predicted molar refractivity (Wildman–Crippen MR) is 46.8 cm³/mol. The fourth-order valence-electron chi connectivity index (χ4n) is 0.976. The standard InChI is InChI=1S/C8H13N3O/c1-6(2)11-5-10-4-7(3-9)8(11)12/h4-6H,3,9H2,1-2H3. The molecule has 1 aromatic heterocycles. The maximum Gasteiger partial charge on any atom is 0.258 e.